The van der Waals surface area contributed by atoms with Gasteiger partial charge < -0.3 is 9.80 Å². The number of carbonyl (C=O) groups excluding carboxylic acids is 2. The molecule has 5 rings (SSSR count). The van der Waals surface area contributed by atoms with Crippen LogP contribution in [0, 0.1) is 12.7 Å². The number of hydrogen-bond donors (Lipinski definition) is 0. The van der Waals surface area contributed by atoms with Crippen molar-refractivity contribution in [2.75, 3.05) is 26.2 Å². The predicted octanol–water partition coefficient (Wildman–Crippen LogP) is 4.95. The second-order valence-corrected chi connectivity index (χ2v) is 8.47. The Kier molecular flexibility index (Phi) is 5.80. The molecule has 3 aromatic carbocycles. The third-order valence-electron chi connectivity index (χ3n) is 6.35. The van der Waals surface area contributed by atoms with Crippen LogP contribution in [0.3, 0.4) is 0 Å². The van der Waals surface area contributed by atoms with Gasteiger partial charge in [-0.2, -0.15) is 0 Å². The Balaban J connectivity index is 1.31. The van der Waals surface area contributed by atoms with Crippen LogP contribution in [0.4, 0.5) is 4.39 Å². The Hall–Kier alpha value is -4.06. The standard InChI is InChI=1S/C28H24FN3O2/c1-19-18-21(11-12-22(19)23-9-4-6-20-7-5-13-30-26(20)23)27(33)31-14-16-32(17-15-31)28(34)24-8-2-3-10-25(24)29/h2-13,18H,14-17H2,1H3. The first kappa shape index (κ1) is 21.8. The third kappa shape index (κ3) is 4.03. The minimum absolute atomic E-state index is 0.0660. The van der Waals surface area contributed by atoms with Gasteiger partial charge in [0.1, 0.15) is 5.82 Å². The number of fused-ring (bicyclic) bond motifs is 1. The number of para-hydroxylation sites is 1. The van der Waals surface area contributed by atoms with Gasteiger partial charge in [0, 0.05) is 48.9 Å². The van der Waals surface area contributed by atoms with Crippen LogP contribution in [0.1, 0.15) is 26.3 Å². The van der Waals surface area contributed by atoms with Crippen LogP contribution in [-0.4, -0.2) is 52.8 Å². The Morgan fingerprint density at radius 1 is 0.794 bits per heavy atom. The Bertz CT molecular complexity index is 1390. The Labute approximate surface area is 197 Å². The topological polar surface area (TPSA) is 53.5 Å². The van der Waals surface area contributed by atoms with E-state index in [4.69, 9.17) is 0 Å². The highest BCUT2D eigenvalue weighted by Crippen LogP contribution is 2.30. The number of halogens is 1. The lowest BCUT2D eigenvalue weighted by Crippen LogP contribution is -2.50. The van der Waals surface area contributed by atoms with E-state index in [1.165, 1.54) is 12.1 Å². The lowest BCUT2D eigenvalue weighted by Gasteiger charge is -2.35. The fourth-order valence-corrected chi connectivity index (χ4v) is 4.52. The van der Waals surface area contributed by atoms with E-state index >= 15 is 0 Å². The summed E-state index contributed by atoms with van der Waals surface area (Å²) in [6.45, 7) is 3.56. The van der Waals surface area contributed by atoms with Gasteiger partial charge in [-0.3, -0.25) is 14.6 Å². The van der Waals surface area contributed by atoms with Crippen molar-refractivity contribution in [1.82, 2.24) is 14.8 Å². The van der Waals surface area contributed by atoms with Crippen LogP contribution in [0.5, 0.6) is 0 Å². The highest BCUT2D eigenvalue weighted by molar-refractivity contribution is 5.98. The van der Waals surface area contributed by atoms with Gasteiger partial charge in [-0.05, 0) is 48.4 Å². The number of nitrogens with zero attached hydrogens (tertiary/aromatic N) is 3. The zero-order valence-corrected chi connectivity index (χ0v) is 18.9. The SMILES string of the molecule is Cc1cc(C(=O)N2CCN(C(=O)c3ccccc3F)CC2)ccc1-c1cccc2cccnc12. The molecular weight excluding hydrogens is 429 g/mol. The molecule has 4 aromatic rings. The molecule has 0 N–H and O–H groups in total. The second kappa shape index (κ2) is 9.06. The second-order valence-electron chi connectivity index (χ2n) is 8.47. The average molecular weight is 454 g/mol. The highest BCUT2D eigenvalue weighted by Gasteiger charge is 2.27. The minimum atomic E-state index is -0.525. The molecule has 6 heteroatoms. The lowest BCUT2D eigenvalue weighted by atomic mass is 9.96. The van der Waals surface area contributed by atoms with Crippen LogP contribution in [0.25, 0.3) is 22.0 Å². The fraction of sp³-hybridized carbons (Fsp3) is 0.179. The van der Waals surface area contributed by atoms with Crippen molar-refractivity contribution in [2.45, 2.75) is 6.92 Å². The van der Waals surface area contributed by atoms with Crippen molar-refractivity contribution < 1.29 is 14.0 Å². The van der Waals surface area contributed by atoms with Gasteiger partial charge in [0.2, 0.25) is 0 Å². The summed E-state index contributed by atoms with van der Waals surface area (Å²) in [6, 6.07) is 21.8. The molecule has 0 aliphatic carbocycles. The molecule has 170 valence electrons. The van der Waals surface area contributed by atoms with Gasteiger partial charge in [-0.1, -0.05) is 42.5 Å². The number of carbonyl (C=O) groups is 2. The summed E-state index contributed by atoms with van der Waals surface area (Å²) in [7, 11) is 0. The molecule has 5 nitrogen and oxygen atoms in total. The summed E-state index contributed by atoms with van der Waals surface area (Å²) in [5.74, 6) is -0.930. The van der Waals surface area contributed by atoms with Crippen molar-refractivity contribution in [1.29, 1.82) is 0 Å². The molecule has 0 bridgehead atoms. The quantitative estimate of drug-likeness (QED) is 0.441. The molecule has 0 saturated carbocycles. The largest absolute Gasteiger partial charge is 0.335 e. The van der Waals surface area contributed by atoms with Crippen molar-refractivity contribution in [3.05, 3.63) is 102 Å². The van der Waals surface area contributed by atoms with Gasteiger partial charge in [-0.15, -0.1) is 0 Å². The van der Waals surface area contributed by atoms with Crippen molar-refractivity contribution in [2.24, 2.45) is 0 Å². The molecule has 0 unspecified atom stereocenters. The molecular formula is C28H24FN3O2. The third-order valence-corrected chi connectivity index (χ3v) is 6.35. The maximum absolute atomic E-state index is 14.0. The van der Waals surface area contributed by atoms with E-state index in [0.29, 0.717) is 31.7 Å². The first-order chi connectivity index (χ1) is 16.5. The monoisotopic (exact) mass is 453 g/mol. The van der Waals surface area contributed by atoms with E-state index in [9.17, 15) is 14.0 Å². The van der Waals surface area contributed by atoms with Gasteiger partial charge in [-0.25, -0.2) is 4.39 Å². The van der Waals surface area contributed by atoms with E-state index < -0.39 is 5.82 Å². The van der Waals surface area contributed by atoms with Crippen molar-refractivity contribution in [3.8, 4) is 11.1 Å². The number of pyridine rings is 1. The molecule has 2 amide bonds. The van der Waals surface area contributed by atoms with Crippen LogP contribution in [0.15, 0.2) is 79.0 Å². The fourth-order valence-electron chi connectivity index (χ4n) is 4.52. The summed E-state index contributed by atoms with van der Waals surface area (Å²) in [5, 5.41) is 1.07. The van der Waals surface area contributed by atoms with Gasteiger partial charge in [0.15, 0.2) is 0 Å². The van der Waals surface area contributed by atoms with Gasteiger partial charge in [0.05, 0.1) is 11.1 Å². The van der Waals surface area contributed by atoms with Crippen LogP contribution < -0.4 is 0 Å². The molecule has 2 heterocycles. The maximum Gasteiger partial charge on any atom is 0.256 e. The first-order valence-electron chi connectivity index (χ1n) is 11.3. The normalized spacial score (nSPS) is 13.8. The van der Waals surface area contributed by atoms with E-state index in [1.807, 2.05) is 55.5 Å². The zero-order chi connectivity index (χ0) is 23.7. The number of aryl methyl sites for hydroxylation is 1. The number of rotatable bonds is 3. The molecule has 0 radical (unpaired) electrons. The van der Waals surface area contributed by atoms with E-state index in [1.54, 1.807) is 28.1 Å². The molecule has 1 aromatic heterocycles. The summed E-state index contributed by atoms with van der Waals surface area (Å²) < 4.78 is 14.0. The highest BCUT2D eigenvalue weighted by atomic mass is 19.1. The number of hydrogen-bond acceptors (Lipinski definition) is 3. The molecule has 1 aliphatic rings. The molecule has 1 aliphatic heterocycles. The maximum atomic E-state index is 14.0. The van der Waals surface area contributed by atoms with E-state index in [2.05, 4.69) is 4.98 Å². The van der Waals surface area contributed by atoms with Crippen molar-refractivity contribution in [3.63, 3.8) is 0 Å². The smallest absolute Gasteiger partial charge is 0.256 e. The van der Waals surface area contributed by atoms with Crippen molar-refractivity contribution >= 4 is 22.7 Å². The number of piperazine rings is 1. The zero-order valence-electron chi connectivity index (χ0n) is 18.9. The molecule has 34 heavy (non-hydrogen) atoms. The summed E-state index contributed by atoms with van der Waals surface area (Å²) >= 11 is 0. The summed E-state index contributed by atoms with van der Waals surface area (Å²) in [5.41, 5.74) is 4.69. The molecule has 0 spiro atoms. The van der Waals surface area contributed by atoms with Crippen LogP contribution in [-0.2, 0) is 0 Å². The van der Waals surface area contributed by atoms with Crippen LogP contribution in [0.2, 0.25) is 0 Å². The van der Waals surface area contributed by atoms with Gasteiger partial charge >= 0.3 is 0 Å². The summed E-state index contributed by atoms with van der Waals surface area (Å²) in [4.78, 5) is 33.7. The average Bonchev–Trinajstić information content (AvgIpc) is 2.88. The minimum Gasteiger partial charge on any atom is -0.335 e. The molecule has 0 atom stereocenters. The lowest BCUT2D eigenvalue weighted by molar-refractivity contribution is 0.0533. The number of amides is 2. The van der Waals surface area contributed by atoms with E-state index in [-0.39, 0.29) is 17.4 Å². The number of benzene rings is 3. The molecule has 1 fully saturated rings. The Morgan fingerprint density at radius 2 is 1.50 bits per heavy atom. The van der Waals surface area contributed by atoms with Gasteiger partial charge in [0.25, 0.3) is 11.8 Å². The van der Waals surface area contributed by atoms with E-state index in [0.717, 1.165) is 27.6 Å². The summed E-state index contributed by atoms with van der Waals surface area (Å²) in [6.07, 6.45) is 1.79. The number of aromatic nitrogens is 1. The predicted molar refractivity (Wildman–Crippen MR) is 130 cm³/mol. The first-order valence-corrected chi connectivity index (χ1v) is 11.3. The molecule has 1 saturated heterocycles. The van der Waals surface area contributed by atoms with Crippen LogP contribution >= 0.6 is 0 Å². The Morgan fingerprint density at radius 3 is 2.24 bits per heavy atom.